The highest BCUT2D eigenvalue weighted by Gasteiger charge is 2.17. The van der Waals surface area contributed by atoms with E-state index in [1.165, 1.54) is 0 Å². The molecule has 0 spiro atoms. The van der Waals surface area contributed by atoms with E-state index in [0.29, 0.717) is 31.0 Å². The summed E-state index contributed by atoms with van der Waals surface area (Å²) in [7, 11) is 0. The van der Waals surface area contributed by atoms with Gasteiger partial charge in [-0.1, -0.05) is 24.3 Å². The summed E-state index contributed by atoms with van der Waals surface area (Å²) >= 11 is 0. The largest absolute Gasteiger partial charge is 0.493 e. The van der Waals surface area contributed by atoms with Crippen LogP contribution in [0.25, 0.3) is 0 Å². The third-order valence-electron chi connectivity index (χ3n) is 2.40. The number of rotatable bonds is 7. The summed E-state index contributed by atoms with van der Waals surface area (Å²) in [6.07, 6.45) is 3.40. The van der Waals surface area contributed by atoms with E-state index in [9.17, 15) is 4.79 Å². The van der Waals surface area contributed by atoms with Gasteiger partial charge in [-0.2, -0.15) is 0 Å². The highest BCUT2D eigenvalue weighted by atomic mass is 16.5. The van der Waals surface area contributed by atoms with Gasteiger partial charge in [0.1, 0.15) is 5.75 Å². The fourth-order valence-electron chi connectivity index (χ4n) is 1.65. The first-order valence-corrected chi connectivity index (χ1v) is 5.97. The molecule has 1 rings (SSSR count). The number of nitrogens with zero attached hydrogens (tertiary/aromatic N) is 1. The maximum atomic E-state index is 12.4. The summed E-state index contributed by atoms with van der Waals surface area (Å²) in [5.41, 5.74) is 0.572. The van der Waals surface area contributed by atoms with Gasteiger partial charge in [0.15, 0.2) is 0 Å². The van der Waals surface area contributed by atoms with Crippen molar-refractivity contribution in [1.29, 1.82) is 0 Å². The monoisotopic (exact) mass is 245 g/mol. The van der Waals surface area contributed by atoms with Crippen LogP contribution in [0.3, 0.4) is 0 Å². The molecule has 3 heteroatoms. The maximum Gasteiger partial charge on any atom is 0.258 e. The fraction of sp³-hybridized carbons (Fsp3) is 0.267. The Bertz CT molecular complexity index is 416. The van der Waals surface area contributed by atoms with Crippen molar-refractivity contribution < 1.29 is 9.53 Å². The highest BCUT2D eigenvalue weighted by molar-refractivity contribution is 5.97. The van der Waals surface area contributed by atoms with Crippen LogP contribution in [0.5, 0.6) is 5.75 Å². The minimum absolute atomic E-state index is 0.0705. The van der Waals surface area contributed by atoms with E-state index in [-0.39, 0.29) is 5.91 Å². The Kier molecular flexibility index (Phi) is 5.71. The Hall–Kier alpha value is -2.03. The van der Waals surface area contributed by atoms with Crippen LogP contribution in [0.1, 0.15) is 17.3 Å². The zero-order valence-electron chi connectivity index (χ0n) is 10.8. The first-order valence-electron chi connectivity index (χ1n) is 5.97. The van der Waals surface area contributed by atoms with E-state index in [1.807, 2.05) is 19.1 Å². The van der Waals surface area contributed by atoms with Crippen LogP contribution in [-0.4, -0.2) is 30.5 Å². The number of hydrogen-bond acceptors (Lipinski definition) is 2. The lowest BCUT2D eigenvalue weighted by Gasteiger charge is -2.20. The van der Waals surface area contributed by atoms with Crippen molar-refractivity contribution in [3.05, 3.63) is 55.1 Å². The SMILES string of the molecule is C=CCN(CC=C)C(=O)c1ccccc1OCC. The molecule has 0 saturated heterocycles. The van der Waals surface area contributed by atoms with Gasteiger partial charge in [-0.3, -0.25) is 4.79 Å². The van der Waals surface area contributed by atoms with Crippen molar-refractivity contribution in [1.82, 2.24) is 4.90 Å². The Morgan fingerprint density at radius 2 is 1.89 bits per heavy atom. The van der Waals surface area contributed by atoms with E-state index in [2.05, 4.69) is 13.2 Å². The highest BCUT2D eigenvalue weighted by Crippen LogP contribution is 2.19. The summed E-state index contributed by atoms with van der Waals surface area (Å²) in [5, 5.41) is 0. The average molecular weight is 245 g/mol. The predicted octanol–water partition coefficient (Wildman–Crippen LogP) is 2.90. The molecule has 0 aromatic heterocycles. The second-order valence-electron chi connectivity index (χ2n) is 3.72. The lowest BCUT2D eigenvalue weighted by molar-refractivity contribution is 0.0786. The number of carbonyl (C=O) groups is 1. The zero-order chi connectivity index (χ0) is 13.4. The molecule has 0 N–H and O–H groups in total. The molecule has 0 fully saturated rings. The number of ether oxygens (including phenoxy) is 1. The first-order chi connectivity index (χ1) is 8.74. The number of amides is 1. The Morgan fingerprint density at radius 3 is 2.44 bits per heavy atom. The van der Waals surface area contributed by atoms with Gasteiger partial charge in [0, 0.05) is 13.1 Å². The van der Waals surface area contributed by atoms with Gasteiger partial charge in [0.25, 0.3) is 5.91 Å². The zero-order valence-corrected chi connectivity index (χ0v) is 10.8. The van der Waals surface area contributed by atoms with E-state index in [0.717, 1.165) is 0 Å². The van der Waals surface area contributed by atoms with Crippen LogP contribution in [-0.2, 0) is 0 Å². The molecule has 0 aliphatic rings. The molecular weight excluding hydrogens is 226 g/mol. The Labute approximate surface area is 108 Å². The van der Waals surface area contributed by atoms with Crippen LogP contribution in [0.4, 0.5) is 0 Å². The normalized spacial score (nSPS) is 9.61. The van der Waals surface area contributed by atoms with Crippen LogP contribution in [0, 0.1) is 0 Å². The molecule has 18 heavy (non-hydrogen) atoms. The third-order valence-corrected chi connectivity index (χ3v) is 2.40. The number of para-hydroxylation sites is 1. The molecule has 0 radical (unpaired) electrons. The summed E-state index contributed by atoms with van der Waals surface area (Å²) < 4.78 is 5.47. The molecule has 3 nitrogen and oxygen atoms in total. The van der Waals surface area contributed by atoms with Gasteiger partial charge >= 0.3 is 0 Å². The molecule has 0 atom stereocenters. The van der Waals surface area contributed by atoms with Crippen molar-refractivity contribution in [2.75, 3.05) is 19.7 Å². The van der Waals surface area contributed by atoms with E-state index >= 15 is 0 Å². The molecular formula is C15H19NO2. The first kappa shape index (κ1) is 14.0. The van der Waals surface area contributed by atoms with E-state index in [1.54, 1.807) is 29.2 Å². The summed E-state index contributed by atoms with van der Waals surface area (Å²) in [5.74, 6) is 0.543. The lowest BCUT2D eigenvalue weighted by Crippen LogP contribution is -2.31. The van der Waals surface area contributed by atoms with Crippen molar-refractivity contribution in [2.45, 2.75) is 6.92 Å². The Morgan fingerprint density at radius 1 is 1.28 bits per heavy atom. The molecule has 1 amide bonds. The number of hydrogen-bond donors (Lipinski definition) is 0. The van der Waals surface area contributed by atoms with Crippen molar-refractivity contribution >= 4 is 5.91 Å². The topological polar surface area (TPSA) is 29.5 Å². The van der Waals surface area contributed by atoms with Gasteiger partial charge in [-0.05, 0) is 19.1 Å². The fourth-order valence-corrected chi connectivity index (χ4v) is 1.65. The van der Waals surface area contributed by atoms with Crippen LogP contribution < -0.4 is 4.74 Å². The predicted molar refractivity (Wildman–Crippen MR) is 73.9 cm³/mol. The van der Waals surface area contributed by atoms with Crippen molar-refractivity contribution in [2.24, 2.45) is 0 Å². The summed E-state index contributed by atoms with van der Waals surface area (Å²) in [6, 6.07) is 7.26. The minimum atomic E-state index is -0.0705. The Balaban J connectivity index is 2.99. The molecule has 1 aromatic rings. The second-order valence-corrected chi connectivity index (χ2v) is 3.72. The van der Waals surface area contributed by atoms with Crippen LogP contribution >= 0.6 is 0 Å². The standard InChI is InChI=1S/C15H19NO2/c1-4-11-16(12-5-2)15(17)13-9-7-8-10-14(13)18-6-3/h4-5,7-10H,1-2,6,11-12H2,3H3. The minimum Gasteiger partial charge on any atom is -0.493 e. The van der Waals surface area contributed by atoms with Gasteiger partial charge in [-0.25, -0.2) is 0 Å². The quantitative estimate of drug-likeness (QED) is 0.691. The van der Waals surface area contributed by atoms with Crippen molar-refractivity contribution in [3.63, 3.8) is 0 Å². The molecule has 0 aliphatic carbocycles. The molecule has 0 unspecified atom stereocenters. The summed E-state index contributed by atoms with van der Waals surface area (Å²) in [6.45, 7) is 10.7. The third kappa shape index (κ3) is 3.48. The van der Waals surface area contributed by atoms with Gasteiger partial charge in [0.2, 0.25) is 0 Å². The molecule has 96 valence electrons. The average Bonchev–Trinajstić information content (AvgIpc) is 2.39. The van der Waals surface area contributed by atoms with Gasteiger partial charge in [-0.15, -0.1) is 13.2 Å². The van der Waals surface area contributed by atoms with Gasteiger partial charge < -0.3 is 9.64 Å². The van der Waals surface area contributed by atoms with Crippen LogP contribution in [0.2, 0.25) is 0 Å². The van der Waals surface area contributed by atoms with Gasteiger partial charge in [0.05, 0.1) is 12.2 Å². The smallest absolute Gasteiger partial charge is 0.258 e. The lowest BCUT2D eigenvalue weighted by atomic mass is 10.1. The molecule has 0 heterocycles. The molecule has 0 bridgehead atoms. The summed E-state index contributed by atoms with van der Waals surface area (Å²) in [4.78, 5) is 14.0. The van der Waals surface area contributed by atoms with Crippen LogP contribution in [0.15, 0.2) is 49.6 Å². The van der Waals surface area contributed by atoms with E-state index in [4.69, 9.17) is 4.74 Å². The maximum absolute atomic E-state index is 12.4. The molecule has 0 saturated carbocycles. The molecule has 1 aromatic carbocycles. The number of carbonyl (C=O) groups excluding carboxylic acids is 1. The van der Waals surface area contributed by atoms with E-state index < -0.39 is 0 Å². The second kappa shape index (κ2) is 7.33. The molecule has 0 aliphatic heterocycles. The number of benzene rings is 1. The van der Waals surface area contributed by atoms with Crippen molar-refractivity contribution in [3.8, 4) is 5.75 Å².